The second-order valence-corrected chi connectivity index (χ2v) is 6.36. The van der Waals surface area contributed by atoms with Crippen molar-refractivity contribution in [3.63, 3.8) is 0 Å². The fourth-order valence-electron chi connectivity index (χ4n) is 3.22. The van der Waals surface area contributed by atoms with Gasteiger partial charge in [0.2, 0.25) is 5.91 Å². The molecule has 5 nitrogen and oxygen atoms in total. The van der Waals surface area contributed by atoms with E-state index in [1.807, 2.05) is 29.3 Å². The Bertz CT molecular complexity index is 663. The molecule has 0 bridgehead atoms. The van der Waals surface area contributed by atoms with E-state index in [1.165, 1.54) is 0 Å². The number of H-pyrrole nitrogens is 1. The second kappa shape index (κ2) is 6.10. The lowest BCUT2D eigenvalue weighted by Crippen LogP contribution is -2.45. The number of fused-ring (bicyclic) bond motifs is 1. The monoisotopic (exact) mass is 300 g/mol. The molecule has 2 aromatic rings. The van der Waals surface area contributed by atoms with Crippen LogP contribution in [-0.2, 0) is 11.2 Å². The van der Waals surface area contributed by atoms with Gasteiger partial charge in [0.25, 0.3) is 0 Å². The highest BCUT2D eigenvalue weighted by Gasteiger charge is 2.30. The van der Waals surface area contributed by atoms with Crippen LogP contribution in [0.1, 0.15) is 12.0 Å². The Morgan fingerprint density at radius 2 is 2.23 bits per heavy atom. The van der Waals surface area contributed by atoms with Gasteiger partial charge in [-0.3, -0.25) is 4.79 Å². The molecule has 1 saturated heterocycles. The molecule has 1 aromatic carbocycles. The number of amides is 1. The maximum atomic E-state index is 12.5. The molecule has 22 heavy (non-hydrogen) atoms. The molecule has 118 valence electrons. The summed E-state index contributed by atoms with van der Waals surface area (Å²) in [7, 11) is 4.12. The summed E-state index contributed by atoms with van der Waals surface area (Å²) >= 11 is 0. The zero-order valence-electron chi connectivity index (χ0n) is 13.2. The van der Waals surface area contributed by atoms with Crippen LogP contribution in [0.25, 0.3) is 10.9 Å². The summed E-state index contributed by atoms with van der Waals surface area (Å²) in [4.78, 5) is 19.9. The number of hydrogen-bond donors (Lipinski definition) is 2. The highest BCUT2D eigenvalue weighted by atomic mass is 16.2. The molecule has 3 rings (SSSR count). The molecule has 0 spiro atoms. The van der Waals surface area contributed by atoms with Gasteiger partial charge in [0, 0.05) is 36.2 Å². The largest absolute Gasteiger partial charge is 0.361 e. The summed E-state index contributed by atoms with van der Waals surface area (Å²) in [6.45, 7) is 1.59. The van der Waals surface area contributed by atoms with Crippen LogP contribution in [-0.4, -0.2) is 60.0 Å². The number of nitrogens with two attached hydrogens (primary N) is 1. The van der Waals surface area contributed by atoms with Crippen LogP contribution in [0.4, 0.5) is 0 Å². The van der Waals surface area contributed by atoms with Gasteiger partial charge >= 0.3 is 0 Å². The Labute approximate surface area is 131 Å². The molecule has 2 heterocycles. The number of likely N-dealkylation sites (tertiary alicyclic amines) is 1. The molecule has 1 fully saturated rings. The molecular weight excluding hydrogens is 276 g/mol. The van der Waals surface area contributed by atoms with Gasteiger partial charge in [-0.25, -0.2) is 0 Å². The third-order valence-electron chi connectivity index (χ3n) is 4.64. The van der Waals surface area contributed by atoms with E-state index in [0.29, 0.717) is 12.5 Å². The van der Waals surface area contributed by atoms with Crippen LogP contribution >= 0.6 is 0 Å². The van der Waals surface area contributed by atoms with Crippen molar-refractivity contribution in [2.75, 3.05) is 27.2 Å². The molecule has 0 aliphatic carbocycles. The number of nitrogens with one attached hydrogen (secondary N) is 1. The number of rotatable bonds is 4. The normalized spacial score (nSPS) is 20.0. The van der Waals surface area contributed by atoms with Crippen LogP contribution in [0.5, 0.6) is 0 Å². The topological polar surface area (TPSA) is 65.4 Å². The number of hydrogen-bond acceptors (Lipinski definition) is 3. The number of carbonyl (C=O) groups excluding carboxylic acids is 1. The Hall–Kier alpha value is -1.85. The highest BCUT2D eigenvalue weighted by Crippen LogP contribution is 2.20. The number of benzene rings is 1. The standard InChI is InChI=1S/C17H24N4O/c1-20(2)13-7-8-21(11-13)17(22)15(18)9-12-10-19-16-6-4-3-5-14(12)16/h3-6,10,13,15,19H,7-9,11,18H2,1-2H3/t13?,15-/m0/s1. The zero-order chi connectivity index (χ0) is 15.7. The van der Waals surface area contributed by atoms with Gasteiger partial charge in [0.15, 0.2) is 0 Å². The number of carbonyl (C=O) groups is 1. The van der Waals surface area contributed by atoms with E-state index >= 15 is 0 Å². The van der Waals surface area contributed by atoms with E-state index in [2.05, 4.69) is 30.0 Å². The summed E-state index contributed by atoms with van der Waals surface area (Å²) < 4.78 is 0. The first-order chi connectivity index (χ1) is 10.6. The van der Waals surface area contributed by atoms with Gasteiger partial charge in [0.1, 0.15) is 0 Å². The number of nitrogens with zero attached hydrogens (tertiary/aromatic N) is 2. The van der Waals surface area contributed by atoms with Crippen molar-refractivity contribution in [2.24, 2.45) is 5.73 Å². The Morgan fingerprint density at radius 3 is 2.95 bits per heavy atom. The highest BCUT2D eigenvalue weighted by molar-refractivity contribution is 5.86. The molecule has 1 aliphatic rings. The maximum absolute atomic E-state index is 12.5. The lowest BCUT2D eigenvalue weighted by molar-refractivity contribution is -0.131. The van der Waals surface area contributed by atoms with E-state index < -0.39 is 6.04 Å². The van der Waals surface area contributed by atoms with Crippen LogP contribution < -0.4 is 5.73 Å². The van der Waals surface area contributed by atoms with Crippen molar-refractivity contribution in [1.29, 1.82) is 0 Å². The van der Waals surface area contributed by atoms with Crippen molar-refractivity contribution in [2.45, 2.75) is 24.9 Å². The Balaban J connectivity index is 1.67. The average molecular weight is 300 g/mol. The van der Waals surface area contributed by atoms with E-state index in [4.69, 9.17) is 5.73 Å². The third-order valence-corrected chi connectivity index (χ3v) is 4.64. The molecule has 1 unspecified atom stereocenters. The van der Waals surface area contributed by atoms with Crippen LogP contribution in [0.2, 0.25) is 0 Å². The number of aromatic nitrogens is 1. The van der Waals surface area contributed by atoms with Crippen molar-refractivity contribution in [3.05, 3.63) is 36.0 Å². The molecule has 0 saturated carbocycles. The van der Waals surface area contributed by atoms with E-state index in [1.54, 1.807) is 0 Å². The van der Waals surface area contributed by atoms with Crippen LogP contribution in [0.3, 0.4) is 0 Å². The summed E-state index contributed by atoms with van der Waals surface area (Å²) in [6.07, 6.45) is 3.56. The average Bonchev–Trinajstić information content (AvgIpc) is 3.14. The van der Waals surface area contributed by atoms with Crippen molar-refractivity contribution < 1.29 is 4.79 Å². The van der Waals surface area contributed by atoms with Gasteiger partial charge in [-0.1, -0.05) is 18.2 Å². The fourth-order valence-corrected chi connectivity index (χ4v) is 3.22. The molecule has 1 aromatic heterocycles. The van der Waals surface area contributed by atoms with Gasteiger partial charge in [-0.15, -0.1) is 0 Å². The van der Waals surface area contributed by atoms with E-state index in [-0.39, 0.29) is 5.91 Å². The fraction of sp³-hybridized carbons (Fsp3) is 0.471. The summed E-state index contributed by atoms with van der Waals surface area (Å²) in [5.41, 5.74) is 8.38. The van der Waals surface area contributed by atoms with E-state index in [9.17, 15) is 4.79 Å². The SMILES string of the molecule is CN(C)C1CCN(C(=O)[C@@H](N)Cc2c[nH]c3ccccc23)C1. The van der Waals surface area contributed by atoms with Gasteiger partial charge in [0.05, 0.1) is 6.04 Å². The second-order valence-electron chi connectivity index (χ2n) is 6.36. The zero-order valence-corrected chi connectivity index (χ0v) is 13.2. The van der Waals surface area contributed by atoms with E-state index in [0.717, 1.165) is 36.0 Å². The first kappa shape index (κ1) is 15.1. The van der Waals surface area contributed by atoms with Crippen molar-refractivity contribution >= 4 is 16.8 Å². The molecule has 1 amide bonds. The number of para-hydroxylation sites is 1. The molecule has 3 N–H and O–H groups in total. The number of likely N-dealkylation sites (N-methyl/N-ethyl adjacent to an activating group) is 1. The summed E-state index contributed by atoms with van der Waals surface area (Å²) in [6, 6.07) is 8.09. The predicted octanol–water partition coefficient (Wildman–Crippen LogP) is 1.20. The van der Waals surface area contributed by atoms with Crippen LogP contribution in [0, 0.1) is 0 Å². The maximum Gasteiger partial charge on any atom is 0.239 e. The minimum atomic E-state index is -0.472. The molecule has 0 radical (unpaired) electrons. The first-order valence-corrected chi connectivity index (χ1v) is 7.82. The molecule has 1 aliphatic heterocycles. The van der Waals surface area contributed by atoms with Gasteiger partial charge in [-0.05, 0) is 38.6 Å². The number of aromatic amines is 1. The quantitative estimate of drug-likeness (QED) is 0.892. The minimum absolute atomic E-state index is 0.0645. The minimum Gasteiger partial charge on any atom is -0.361 e. The third kappa shape index (κ3) is 2.87. The van der Waals surface area contributed by atoms with Gasteiger partial charge < -0.3 is 20.5 Å². The Kier molecular flexibility index (Phi) is 4.18. The smallest absolute Gasteiger partial charge is 0.239 e. The molecular formula is C17H24N4O. The van der Waals surface area contributed by atoms with Crippen molar-refractivity contribution in [3.8, 4) is 0 Å². The van der Waals surface area contributed by atoms with Crippen LogP contribution in [0.15, 0.2) is 30.5 Å². The molecule has 5 heteroatoms. The summed E-state index contributed by atoms with van der Waals surface area (Å²) in [5, 5.41) is 1.15. The summed E-state index contributed by atoms with van der Waals surface area (Å²) in [5.74, 6) is 0.0645. The first-order valence-electron chi connectivity index (χ1n) is 7.82. The molecule has 2 atom stereocenters. The lowest BCUT2D eigenvalue weighted by atomic mass is 10.0. The van der Waals surface area contributed by atoms with Crippen molar-refractivity contribution in [1.82, 2.24) is 14.8 Å². The lowest BCUT2D eigenvalue weighted by Gasteiger charge is -2.23. The predicted molar refractivity (Wildman–Crippen MR) is 88.7 cm³/mol. The Morgan fingerprint density at radius 1 is 1.45 bits per heavy atom. The van der Waals surface area contributed by atoms with Gasteiger partial charge in [-0.2, -0.15) is 0 Å².